The van der Waals surface area contributed by atoms with E-state index in [2.05, 4.69) is 21.2 Å². The molecule has 3 aliphatic rings. The maximum atomic E-state index is 12.9. The maximum Gasteiger partial charge on any atom is 0.416 e. The molecule has 1 aromatic heterocycles. The summed E-state index contributed by atoms with van der Waals surface area (Å²) in [5, 5.41) is 20.4. The van der Waals surface area contributed by atoms with Gasteiger partial charge in [0.05, 0.1) is 22.7 Å². The van der Waals surface area contributed by atoms with Crippen LogP contribution in [0.5, 0.6) is 0 Å². The Morgan fingerprint density at radius 3 is 2.77 bits per heavy atom. The van der Waals surface area contributed by atoms with Crippen molar-refractivity contribution in [2.24, 2.45) is 4.99 Å². The van der Waals surface area contributed by atoms with Gasteiger partial charge in [-0.15, -0.1) is 15.7 Å². The number of thioether (sulfide) groups is 2. The molecule has 3 heterocycles. The number of hydrazine groups is 2. The molecule has 0 radical (unpaired) electrons. The van der Waals surface area contributed by atoms with Gasteiger partial charge in [-0.1, -0.05) is 17.8 Å². The van der Waals surface area contributed by atoms with Gasteiger partial charge >= 0.3 is 6.18 Å². The SMILES string of the molecule is N#Cc1cc(C(F)(F)F)ccc1CSC1=NC2(CC2)c2cc(N3C=CNN3)nnc2S1. The predicted octanol–water partition coefficient (Wildman–Crippen LogP) is 4.05. The lowest BCUT2D eigenvalue weighted by molar-refractivity contribution is -0.137. The van der Waals surface area contributed by atoms with Gasteiger partial charge in [0.15, 0.2) is 5.82 Å². The molecule has 0 amide bonds. The molecule has 1 saturated carbocycles. The van der Waals surface area contributed by atoms with Crippen molar-refractivity contribution in [3.05, 3.63) is 58.9 Å². The predicted molar refractivity (Wildman–Crippen MR) is 112 cm³/mol. The largest absolute Gasteiger partial charge is 0.416 e. The lowest BCUT2D eigenvalue weighted by Crippen LogP contribution is -2.36. The average molecular weight is 461 g/mol. The molecule has 2 aromatic rings. The Balaban J connectivity index is 1.35. The summed E-state index contributed by atoms with van der Waals surface area (Å²) in [5.41, 5.74) is 6.23. The minimum Gasteiger partial charge on any atom is -0.309 e. The smallest absolute Gasteiger partial charge is 0.309 e. The number of aliphatic imine (C=N–C) groups is 1. The molecular weight excluding hydrogens is 447 g/mol. The summed E-state index contributed by atoms with van der Waals surface area (Å²) < 4.78 is 39.5. The van der Waals surface area contributed by atoms with Crippen molar-refractivity contribution in [2.75, 3.05) is 5.01 Å². The first kappa shape index (κ1) is 20.2. The van der Waals surface area contributed by atoms with E-state index in [4.69, 9.17) is 4.99 Å². The second-order valence-electron chi connectivity index (χ2n) is 7.14. The second-order valence-corrected chi connectivity index (χ2v) is 9.34. The van der Waals surface area contributed by atoms with Gasteiger partial charge in [-0.3, -0.25) is 4.99 Å². The molecule has 0 atom stereocenters. The molecule has 0 bridgehead atoms. The zero-order valence-electron chi connectivity index (χ0n) is 15.8. The summed E-state index contributed by atoms with van der Waals surface area (Å²) in [5.74, 6) is 0.999. The van der Waals surface area contributed by atoms with Crippen molar-refractivity contribution >= 4 is 33.7 Å². The Morgan fingerprint density at radius 1 is 1.26 bits per heavy atom. The molecule has 12 heteroatoms. The average Bonchev–Trinajstić information content (AvgIpc) is 3.30. The quantitative estimate of drug-likeness (QED) is 0.708. The highest BCUT2D eigenvalue weighted by atomic mass is 32.2. The molecule has 1 aliphatic carbocycles. The van der Waals surface area contributed by atoms with E-state index in [0.29, 0.717) is 17.1 Å². The molecule has 7 nitrogen and oxygen atoms in total. The van der Waals surface area contributed by atoms with E-state index in [1.54, 1.807) is 17.4 Å². The number of hydrogen-bond donors (Lipinski definition) is 2. The Hall–Kier alpha value is -2.75. The van der Waals surface area contributed by atoms with Gasteiger partial charge in [0, 0.05) is 23.7 Å². The number of hydrogen-bond acceptors (Lipinski definition) is 9. The summed E-state index contributed by atoms with van der Waals surface area (Å²) in [7, 11) is 0. The van der Waals surface area contributed by atoms with Crippen molar-refractivity contribution in [2.45, 2.75) is 35.3 Å². The van der Waals surface area contributed by atoms with Crippen LogP contribution >= 0.6 is 23.5 Å². The highest BCUT2D eigenvalue weighted by Gasteiger charge is 2.49. The number of anilines is 1. The van der Waals surface area contributed by atoms with Gasteiger partial charge in [0.1, 0.15) is 9.40 Å². The molecule has 0 unspecified atom stereocenters. The molecule has 31 heavy (non-hydrogen) atoms. The van der Waals surface area contributed by atoms with Crippen LogP contribution in [0, 0.1) is 11.3 Å². The maximum absolute atomic E-state index is 12.9. The summed E-state index contributed by atoms with van der Waals surface area (Å²) in [6.07, 6.45) is 0.873. The fourth-order valence-corrected chi connectivity index (χ4v) is 5.56. The minimum absolute atomic E-state index is 0.0227. The molecule has 1 aromatic carbocycles. The van der Waals surface area contributed by atoms with Gasteiger partial charge in [-0.2, -0.15) is 18.4 Å². The van der Waals surface area contributed by atoms with Crippen LogP contribution in [-0.2, 0) is 17.5 Å². The number of fused-ring (bicyclic) bond motifs is 2. The standard InChI is InChI=1S/C19H14F3N7S2/c20-19(21,22)13-2-1-11(12(7-13)9-23)10-30-17-25-18(3-4-18)14-8-15(26-27-16(14)31-17)29-6-5-24-28-29/h1-2,5-8,24,28H,3-4,10H2. The van der Waals surface area contributed by atoms with Crippen molar-refractivity contribution in [1.29, 1.82) is 5.26 Å². The lowest BCUT2D eigenvalue weighted by Gasteiger charge is -2.23. The Labute approximate surface area is 183 Å². The van der Waals surface area contributed by atoms with E-state index in [0.717, 1.165) is 39.9 Å². The molecule has 5 rings (SSSR count). The van der Waals surface area contributed by atoms with Gasteiger partial charge in [0.25, 0.3) is 0 Å². The van der Waals surface area contributed by atoms with Gasteiger partial charge in [-0.25, -0.2) is 5.01 Å². The Morgan fingerprint density at radius 2 is 2.10 bits per heavy atom. The summed E-state index contributed by atoms with van der Waals surface area (Å²) in [4.78, 5) is 4.90. The van der Waals surface area contributed by atoms with Gasteiger partial charge in [0.2, 0.25) is 0 Å². The van der Waals surface area contributed by atoms with E-state index in [9.17, 15) is 18.4 Å². The van der Waals surface area contributed by atoms with Gasteiger partial charge < -0.3 is 5.43 Å². The van der Waals surface area contributed by atoms with Crippen LogP contribution in [-0.4, -0.2) is 14.6 Å². The summed E-state index contributed by atoms with van der Waals surface area (Å²) in [6, 6.07) is 7.11. The summed E-state index contributed by atoms with van der Waals surface area (Å²) >= 11 is 2.79. The highest BCUT2D eigenvalue weighted by Crippen LogP contribution is 2.56. The first-order valence-corrected chi connectivity index (χ1v) is 11.0. The van der Waals surface area contributed by atoms with Crippen molar-refractivity contribution in [1.82, 2.24) is 21.2 Å². The molecule has 158 valence electrons. The van der Waals surface area contributed by atoms with Crippen LogP contribution in [0.25, 0.3) is 0 Å². The number of nitrogens with one attached hydrogen (secondary N) is 2. The third kappa shape index (κ3) is 3.84. The molecule has 1 fully saturated rings. The monoisotopic (exact) mass is 461 g/mol. The van der Waals surface area contributed by atoms with Crippen molar-refractivity contribution in [3.8, 4) is 6.07 Å². The van der Waals surface area contributed by atoms with Crippen LogP contribution in [0.15, 0.2) is 46.7 Å². The lowest BCUT2D eigenvalue weighted by atomic mass is 10.1. The van der Waals surface area contributed by atoms with E-state index in [-0.39, 0.29) is 11.1 Å². The second kappa shape index (κ2) is 7.44. The zero-order chi connectivity index (χ0) is 21.6. The molecule has 0 saturated heterocycles. The van der Waals surface area contributed by atoms with Crippen LogP contribution in [0.3, 0.4) is 0 Å². The Bertz CT molecular complexity index is 1150. The van der Waals surface area contributed by atoms with Crippen LogP contribution in [0.4, 0.5) is 19.0 Å². The van der Waals surface area contributed by atoms with Crippen LogP contribution < -0.4 is 16.0 Å². The van der Waals surface area contributed by atoms with E-state index >= 15 is 0 Å². The summed E-state index contributed by atoms with van der Waals surface area (Å²) in [6.45, 7) is 0. The first-order chi connectivity index (χ1) is 14.9. The van der Waals surface area contributed by atoms with Crippen molar-refractivity contribution < 1.29 is 13.2 Å². The zero-order valence-corrected chi connectivity index (χ0v) is 17.4. The topological polar surface area (TPSA) is 89.2 Å². The van der Waals surface area contributed by atoms with Crippen LogP contribution in [0.2, 0.25) is 0 Å². The first-order valence-electron chi connectivity index (χ1n) is 9.24. The number of halogens is 3. The minimum atomic E-state index is -4.48. The third-order valence-electron chi connectivity index (χ3n) is 5.11. The molecule has 1 spiro atoms. The van der Waals surface area contributed by atoms with E-state index in [1.807, 2.05) is 12.1 Å². The highest BCUT2D eigenvalue weighted by molar-refractivity contribution is 8.38. The fourth-order valence-electron chi connectivity index (χ4n) is 3.31. The molecule has 2 aliphatic heterocycles. The number of nitriles is 1. The third-order valence-corrected chi connectivity index (χ3v) is 7.27. The van der Waals surface area contributed by atoms with Gasteiger partial charge in [-0.05, 0) is 48.4 Å². The number of nitrogens with zero attached hydrogens (tertiary/aromatic N) is 5. The Kier molecular flexibility index (Phi) is 4.84. The van der Waals surface area contributed by atoms with Crippen molar-refractivity contribution in [3.63, 3.8) is 0 Å². The van der Waals surface area contributed by atoms with E-state index in [1.165, 1.54) is 29.6 Å². The number of benzene rings is 1. The van der Waals surface area contributed by atoms with E-state index < -0.39 is 11.7 Å². The van der Waals surface area contributed by atoms with Crippen LogP contribution in [0.1, 0.15) is 35.1 Å². The number of rotatable bonds is 3. The number of aromatic nitrogens is 2. The normalized spacial score (nSPS) is 18.4. The fraction of sp³-hybridized carbons (Fsp3) is 0.263. The number of alkyl halides is 3. The molecule has 2 N–H and O–H groups in total. The molecular formula is C19H14F3N7S2.